The van der Waals surface area contributed by atoms with Crippen LogP contribution in [0.1, 0.15) is 46.7 Å². The van der Waals surface area contributed by atoms with Gasteiger partial charge >= 0.3 is 6.18 Å². The number of ketones is 2. The van der Waals surface area contributed by atoms with E-state index < -0.39 is 59.7 Å². The van der Waals surface area contributed by atoms with E-state index >= 15 is 0 Å². The highest BCUT2D eigenvalue weighted by atomic mass is 35.5. The van der Waals surface area contributed by atoms with E-state index in [9.17, 15) is 32.3 Å². The molecule has 10 nitrogen and oxygen atoms in total. The van der Waals surface area contributed by atoms with E-state index in [0.717, 1.165) is 5.56 Å². The van der Waals surface area contributed by atoms with Gasteiger partial charge in [0.2, 0.25) is 5.91 Å². The molecule has 1 saturated heterocycles. The third kappa shape index (κ3) is 9.18. The second-order valence-corrected chi connectivity index (χ2v) is 11.6. The molecule has 3 aromatic rings. The van der Waals surface area contributed by atoms with Gasteiger partial charge in [-0.1, -0.05) is 67.9 Å². The van der Waals surface area contributed by atoms with Crippen molar-refractivity contribution in [1.29, 1.82) is 0 Å². The fourth-order valence-electron chi connectivity index (χ4n) is 5.13. The van der Waals surface area contributed by atoms with Gasteiger partial charge in [0, 0.05) is 36.1 Å². The van der Waals surface area contributed by atoms with Crippen LogP contribution in [0.15, 0.2) is 73.2 Å². The number of Topliss-reactive ketones (excluding diaryl/α,β-unsaturated/α-hetero) is 2. The summed E-state index contributed by atoms with van der Waals surface area (Å²) in [5.41, 5.74) is 0.990. The van der Waals surface area contributed by atoms with Crippen molar-refractivity contribution in [1.82, 2.24) is 25.5 Å². The first-order valence-electron chi connectivity index (χ1n) is 14.5. The summed E-state index contributed by atoms with van der Waals surface area (Å²) in [5.74, 6) is -5.00. The summed E-state index contributed by atoms with van der Waals surface area (Å²) >= 11 is 6.12. The van der Waals surface area contributed by atoms with Gasteiger partial charge < -0.3 is 15.4 Å². The molecular formula is C32H33ClF3N5O5. The Hall–Kier alpha value is -4.20. The zero-order valence-electron chi connectivity index (χ0n) is 25.0. The highest BCUT2D eigenvalue weighted by Crippen LogP contribution is 2.26. The molecule has 14 heteroatoms. The third-order valence-corrected chi connectivity index (χ3v) is 7.70. The summed E-state index contributed by atoms with van der Waals surface area (Å²) in [4.78, 5) is 62.0. The molecule has 2 heterocycles. The Morgan fingerprint density at radius 3 is 2.41 bits per heavy atom. The number of carbonyl (C=O) groups is 4. The van der Waals surface area contributed by atoms with Crippen molar-refractivity contribution in [2.75, 3.05) is 13.1 Å². The van der Waals surface area contributed by atoms with Crippen LogP contribution in [-0.2, 0) is 20.9 Å². The number of carbonyl (C=O) groups excluding carboxylic acids is 4. The Balaban J connectivity index is 1.62. The number of rotatable bonds is 13. The number of hydrogen-bond donors (Lipinski definition) is 2. The minimum absolute atomic E-state index is 0.0554. The molecule has 0 spiro atoms. The Morgan fingerprint density at radius 1 is 1.04 bits per heavy atom. The standard InChI is InChI=1S/C32H33ClF3N5O5/c1-19(2)27(29(43)32(34,35)36)40-31(45)26-14-23(46-18-20-7-4-3-5-8-20)16-41(26)17-25(28(42)21-9-6-10-22(33)13-21)39-30(44)24-15-37-11-12-38-24/h3-13,15,19,23,25-27H,14,16-18H2,1-2H3,(H,39,44)(H,40,45)/t23-,25+,26+,27+/m1/s1. The minimum Gasteiger partial charge on any atom is -0.372 e. The minimum atomic E-state index is -5.15. The molecule has 2 aromatic carbocycles. The van der Waals surface area contributed by atoms with Crippen LogP contribution in [0.4, 0.5) is 13.2 Å². The van der Waals surface area contributed by atoms with Crippen LogP contribution >= 0.6 is 11.6 Å². The van der Waals surface area contributed by atoms with Gasteiger partial charge in [-0.25, -0.2) is 4.98 Å². The maximum atomic E-state index is 13.7. The van der Waals surface area contributed by atoms with Crippen LogP contribution in [0.3, 0.4) is 0 Å². The van der Waals surface area contributed by atoms with Crippen LogP contribution in [0.5, 0.6) is 0 Å². The molecule has 244 valence electrons. The zero-order valence-corrected chi connectivity index (χ0v) is 25.8. The number of nitrogens with zero attached hydrogens (tertiary/aromatic N) is 3. The number of likely N-dealkylation sites (tertiary alicyclic amines) is 1. The van der Waals surface area contributed by atoms with Crippen molar-refractivity contribution >= 4 is 35.0 Å². The Labute approximate surface area is 268 Å². The van der Waals surface area contributed by atoms with Gasteiger partial charge in [-0.3, -0.25) is 29.1 Å². The lowest BCUT2D eigenvalue weighted by molar-refractivity contribution is -0.175. The number of halogens is 4. The predicted octanol–water partition coefficient (Wildman–Crippen LogP) is 4.04. The first-order valence-corrected chi connectivity index (χ1v) is 14.9. The Kier molecular flexibility index (Phi) is 11.6. The lowest BCUT2D eigenvalue weighted by Crippen LogP contribution is -2.56. The van der Waals surface area contributed by atoms with Gasteiger partial charge in [-0.2, -0.15) is 13.2 Å². The van der Waals surface area contributed by atoms with Gasteiger partial charge in [0.05, 0.1) is 31.0 Å². The predicted molar refractivity (Wildman–Crippen MR) is 162 cm³/mol. The van der Waals surface area contributed by atoms with Gasteiger partial charge in [-0.15, -0.1) is 0 Å². The molecule has 1 aliphatic rings. The highest BCUT2D eigenvalue weighted by molar-refractivity contribution is 6.31. The molecule has 0 radical (unpaired) electrons. The van der Waals surface area contributed by atoms with Crippen molar-refractivity contribution in [2.45, 2.75) is 57.3 Å². The van der Waals surface area contributed by atoms with Crippen molar-refractivity contribution < 1.29 is 37.1 Å². The molecule has 4 rings (SSSR count). The van der Waals surface area contributed by atoms with Crippen LogP contribution in [0.25, 0.3) is 0 Å². The number of benzene rings is 2. The number of ether oxygens (including phenoxy) is 1. The Bertz CT molecular complexity index is 1530. The quantitative estimate of drug-likeness (QED) is 0.263. The SMILES string of the molecule is CC(C)[C@H](NC(=O)[C@@H]1C[C@@H](OCc2ccccc2)CN1C[C@H](NC(=O)c1cnccn1)C(=O)c1cccc(Cl)c1)C(=O)C(F)(F)F. The number of amides is 2. The largest absolute Gasteiger partial charge is 0.452 e. The molecule has 1 fully saturated rings. The van der Waals surface area contributed by atoms with Crippen LogP contribution in [0.2, 0.25) is 5.02 Å². The van der Waals surface area contributed by atoms with E-state index in [2.05, 4.69) is 20.6 Å². The lowest BCUT2D eigenvalue weighted by Gasteiger charge is -2.30. The molecule has 2 N–H and O–H groups in total. The molecule has 1 aromatic heterocycles. The van der Waals surface area contributed by atoms with Gasteiger partial charge in [-0.05, 0) is 30.0 Å². The van der Waals surface area contributed by atoms with E-state index in [1.807, 2.05) is 30.3 Å². The first kappa shape index (κ1) is 34.7. The summed E-state index contributed by atoms with van der Waals surface area (Å²) in [6.45, 7) is 2.87. The normalized spacial score (nSPS) is 18.2. The lowest BCUT2D eigenvalue weighted by atomic mass is 9.98. The highest BCUT2D eigenvalue weighted by Gasteiger charge is 2.47. The van der Waals surface area contributed by atoms with Crippen LogP contribution in [0, 0.1) is 5.92 Å². The van der Waals surface area contributed by atoms with Crippen molar-refractivity contribution in [3.8, 4) is 0 Å². The molecule has 0 unspecified atom stereocenters. The number of hydrogen-bond acceptors (Lipinski definition) is 8. The average Bonchev–Trinajstić information content (AvgIpc) is 3.44. The van der Waals surface area contributed by atoms with E-state index in [-0.39, 0.29) is 42.4 Å². The van der Waals surface area contributed by atoms with E-state index in [1.165, 1.54) is 44.6 Å². The summed E-state index contributed by atoms with van der Waals surface area (Å²) in [6, 6.07) is 11.2. The molecule has 0 aliphatic carbocycles. The molecule has 0 saturated carbocycles. The maximum absolute atomic E-state index is 13.7. The number of nitrogens with one attached hydrogen (secondary N) is 2. The summed E-state index contributed by atoms with van der Waals surface area (Å²) in [6.07, 6.45) is -1.75. The van der Waals surface area contributed by atoms with Crippen LogP contribution < -0.4 is 10.6 Å². The fraction of sp³-hybridized carbons (Fsp3) is 0.375. The number of aromatic nitrogens is 2. The fourth-order valence-corrected chi connectivity index (χ4v) is 5.32. The Morgan fingerprint density at radius 2 is 1.78 bits per heavy atom. The molecule has 2 amide bonds. The van der Waals surface area contributed by atoms with E-state index in [0.29, 0.717) is 0 Å². The van der Waals surface area contributed by atoms with Crippen molar-refractivity contribution in [3.63, 3.8) is 0 Å². The molecule has 46 heavy (non-hydrogen) atoms. The van der Waals surface area contributed by atoms with Crippen molar-refractivity contribution in [3.05, 3.63) is 95.0 Å². The molecule has 4 atom stereocenters. The smallest absolute Gasteiger partial charge is 0.372 e. The second kappa shape index (κ2) is 15.4. The van der Waals surface area contributed by atoms with Gasteiger partial charge in [0.15, 0.2) is 5.78 Å². The monoisotopic (exact) mass is 659 g/mol. The first-order chi connectivity index (χ1) is 21.8. The summed E-state index contributed by atoms with van der Waals surface area (Å²) in [5, 5.41) is 5.22. The second-order valence-electron chi connectivity index (χ2n) is 11.2. The van der Waals surface area contributed by atoms with Gasteiger partial charge in [0.25, 0.3) is 11.7 Å². The number of alkyl halides is 3. The third-order valence-electron chi connectivity index (χ3n) is 7.47. The van der Waals surface area contributed by atoms with E-state index in [1.54, 1.807) is 17.0 Å². The summed E-state index contributed by atoms with van der Waals surface area (Å²) < 4.78 is 46.2. The average molecular weight is 660 g/mol. The summed E-state index contributed by atoms with van der Waals surface area (Å²) in [7, 11) is 0. The zero-order chi connectivity index (χ0) is 33.4. The van der Waals surface area contributed by atoms with Gasteiger partial charge in [0.1, 0.15) is 11.7 Å². The molecule has 0 bridgehead atoms. The topological polar surface area (TPSA) is 131 Å². The molecule has 1 aliphatic heterocycles. The van der Waals surface area contributed by atoms with E-state index in [4.69, 9.17) is 16.3 Å². The van der Waals surface area contributed by atoms with Crippen LogP contribution in [-0.4, -0.2) is 81.7 Å². The molecular weight excluding hydrogens is 627 g/mol. The van der Waals surface area contributed by atoms with Crippen molar-refractivity contribution in [2.24, 2.45) is 5.92 Å². The maximum Gasteiger partial charge on any atom is 0.452 e.